The Balaban J connectivity index is 2.42. The van der Waals surface area contributed by atoms with E-state index in [1.165, 1.54) is 0 Å². The summed E-state index contributed by atoms with van der Waals surface area (Å²) in [7, 11) is 0. The van der Waals surface area contributed by atoms with Gasteiger partial charge in [0.05, 0.1) is 11.0 Å². The lowest BCUT2D eigenvalue weighted by atomic mass is 10.1. The number of nitrogens with one attached hydrogen (secondary N) is 1. The highest BCUT2D eigenvalue weighted by Gasteiger charge is 2.12. The van der Waals surface area contributed by atoms with Crippen molar-refractivity contribution in [3.8, 4) is 0 Å². The van der Waals surface area contributed by atoms with E-state index in [0.717, 1.165) is 5.56 Å². The quantitative estimate of drug-likeness (QED) is 0.739. The first kappa shape index (κ1) is 11.1. The van der Waals surface area contributed by atoms with E-state index in [2.05, 4.69) is 9.97 Å². The number of imidazole rings is 1. The first-order valence-electron chi connectivity index (χ1n) is 5.00. The van der Waals surface area contributed by atoms with E-state index in [-0.39, 0.29) is 12.2 Å². The van der Waals surface area contributed by atoms with Gasteiger partial charge in [-0.3, -0.25) is 4.79 Å². The monoisotopic (exact) mass is 234 g/mol. The molecule has 0 saturated heterocycles. The second kappa shape index (κ2) is 4.25. The topological polar surface area (TPSA) is 103 Å². The SMILES string of the molecule is O=C(O)CCc1cccc2[nH]c(C(=O)O)nc12. The predicted molar refractivity (Wildman–Crippen MR) is 59.0 cm³/mol. The number of carboxylic acid groups (broad SMARTS) is 2. The highest BCUT2D eigenvalue weighted by molar-refractivity contribution is 5.90. The van der Waals surface area contributed by atoms with E-state index >= 15 is 0 Å². The third-order valence-electron chi connectivity index (χ3n) is 2.41. The van der Waals surface area contributed by atoms with E-state index in [1.54, 1.807) is 18.2 Å². The lowest BCUT2D eigenvalue weighted by Crippen LogP contribution is -1.99. The van der Waals surface area contributed by atoms with Crippen molar-refractivity contribution in [1.82, 2.24) is 9.97 Å². The summed E-state index contributed by atoms with van der Waals surface area (Å²) < 4.78 is 0. The van der Waals surface area contributed by atoms with Gasteiger partial charge in [0.2, 0.25) is 5.82 Å². The molecule has 0 aliphatic carbocycles. The van der Waals surface area contributed by atoms with Crippen molar-refractivity contribution in [3.05, 3.63) is 29.6 Å². The highest BCUT2D eigenvalue weighted by atomic mass is 16.4. The number of fused-ring (bicyclic) bond motifs is 1. The standard InChI is InChI=1S/C11H10N2O4/c14-8(15)5-4-6-2-1-3-7-9(6)13-10(12-7)11(16)17/h1-3H,4-5H2,(H,12,13)(H,14,15)(H,16,17). The van der Waals surface area contributed by atoms with Gasteiger partial charge in [-0.15, -0.1) is 0 Å². The molecule has 0 aliphatic heterocycles. The Kier molecular flexibility index (Phi) is 2.78. The molecule has 6 heteroatoms. The van der Waals surface area contributed by atoms with Crippen LogP contribution in [0.25, 0.3) is 11.0 Å². The van der Waals surface area contributed by atoms with Gasteiger partial charge >= 0.3 is 11.9 Å². The lowest BCUT2D eigenvalue weighted by molar-refractivity contribution is -0.136. The van der Waals surface area contributed by atoms with Gasteiger partial charge in [-0.1, -0.05) is 12.1 Å². The molecule has 0 atom stereocenters. The van der Waals surface area contributed by atoms with Crippen LogP contribution in [0.15, 0.2) is 18.2 Å². The molecular weight excluding hydrogens is 224 g/mol. The highest BCUT2D eigenvalue weighted by Crippen LogP contribution is 2.18. The fourth-order valence-corrected chi connectivity index (χ4v) is 1.64. The Bertz CT molecular complexity index is 588. The second-order valence-corrected chi connectivity index (χ2v) is 3.60. The van der Waals surface area contributed by atoms with Gasteiger partial charge < -0.3 is 15.2 Å². The summed E-state index contributed by atoms with van der Waals surface area (Å²) in [5.41, 5.74) is 1.85. The maximum absolute atomic E-state index is 10.8. The summed E-state index contributed by atoms with van der Waals surface area (Å²) in [6, 6.07) is 5.19. The number of hydrogen-bond donors (Lipinski definition) is 3. The summed E-state index contributed by atoms with van der Waals surface area (Å²) in [6.07, 6.45) is 0.324. The van der Waals surface area contributed by atoms with E-state index in [1.807, 2.05) is 0 Å². The zero-order valence-corrected chi connectivity index (χ0v) is 8.80. The van der Waals surface area contributed by atoms with Crippen LogP contribution < -0.4 is 0 Å². The van der Waals surface area contributed by atoms with Crippen LogP contribution in [-0.4, -0.2) is 32.1 Å². The summed E-state index contributed by atoms with van der Waals surface area (Å²) in [5, 5.41) is 17.4. The van der Waals surface area contributed by atoms with Crippen molar-refractivity contribution in [2.45, 2.75) is 12.8 Å². The van der Waals surface area contributed by atoms with Crippen molar-refractivity contribution >= 4 is 23.0 Å². The summed E-state index contributed by atoms with van der Waals surface area (Å²) in [4.78, 5) is 27.9. The van der Waals surface area contributed by atoms with Gasteiger partial charge in [0, 0.05) is 6.42 Å². The Morgan fingerprint density at radius 2 is 2.06 bits per heavy atom. The minimum atomic E-state index is -1.13. The molecule has 17 heavy (non-hydrogen) atoms. The van der Waals surface area contributed by atoms with Crippen LogP contribution in [0.5, 0.6) is 0 Å². The Hall–Kier alpha value is -2.37. The molecule has 1 heterocycles. The molecule has 6 nitrogen and oxygen atoms in total. The van der Waals surface area contributed by atoms with Gasteiger partial charge in [0.25, 0.3) is 0 Å². The van der Waals surface area contributed by atoms with E-state index in [9.17, 15) is 9.59 Å². The molecule has 0 spiro atoms. The Morgan fingerprint density at radius 1 is 1.29 bits per heavy atom. The zero-order valence-electron chi connectivity index (χ0n) is 8.80. The Morgan fingerprint density at radius 3 is 2.71 bits per heavy atom. The van der Waals surface area contributed by atoms with Crippen molar-refractivity contribution in [1.29, 1.82) is 0 Å². The van der Waals surface area contributed by atoms with Crippen molar-refractivity contribution in [2.75, 3.05) is 0 Å². The average molecular weight is 234 g/mol. The van der Waals surface area contributed by atoms with Crippen LogP contribution in [0, 0.1) is 0 Å². The van der Waals surface area contributed by atoms with Crippen molar-refractivity contribution < 1.29 is 19.8 Å². The number of benzene rings is 1. The number of aromatic carboxylic acids is 1. The lowest BCUT2D eigenvalue weighted by Gasteiger charge is -1.98. The molecule has 2 aromatic rings. The minimum absolute atomic E-state index is 0.00558. The summed E-state index contributed by atoms with van der Waals surface area (Å²) >= 11 is 0. The van der Waals surface area contributed by atoms with E-state index < -0.39 is 11.9 Å². The molecule has 0 bridgehead atoms. The maximum atomic E-state index is 10.8. The molecule has 1 aromatic heterocycles. The van der Waals surface area contributed by atoms with Crippen LogP contribution in [0.3, 0.4) is 0 Å². The fraction of sp³-hybridized carbons (Fsp3) is 0.182. The molecule has 2 rings (SSSR count). The number of aromatic amines is 1. The molecule has 1 aromatic carbocycles. The van der Waals surface area contributed by atoms with Crippen LogP contribution in [0.1, 0.15) is 22.6 Å². The number of aromatic nitrogens is 2. The van der Waals surface area contributed by atoms with Gasteiger partial charge in [0.15, 0.2) is 0 Å². The number of rotatable bonds is 4. The third kappa shape index (κ3) is 2.25. The summed E-state index contributed by atoms with van der Waals surface area (Å²) in [6.45, 7) is 0. The Labute approximate surface area is 95.9 Å². The smallest absolute Gasteiger partial charge is 0.371 e. The first-order chi connectivity index (χ1) is 8.08. The number of carboxylic acids is 2. The molecular formula is C11H10N2O4. The molecule has 0 radical (unpaired) electrons. The van der Waals surface area contributed by atoms with Crippen molar-refractivity contribution in [2.24, 2.45) is 0 Å². The van der Waals surface area contributed by atoms with E-state index in [4.69, 9.17) is 10.2 Å². The maximum Gasteiger partial charge on any atom is 0.371 e. The van der Waals surface area contributed by atoms with Crippen LogP contribution >= 0.6 is 0 Å². The number of H-pyrrole nitrogens is 1. The number of aryl methyl sites for hydroxylation is 1. The van der Waals surface area contributed by atoms with Crippen LogP contribution in [0.4, 0.5) is 0 Å². The fourth-order valence-electron chi connectivity index (χ4n) is 1.64. The average Bonchev–Trinajstić information content (AvgIpc) is 2.70. The summed E-state index contributed by atoms with van der Waals surface area (Å²) in [5.74, 6) is -2.16. The number of hydrogen-bond acceptors (Lipinski definition) is 3. The van der Waals surface area contributed by atoms with Gasteiger partial charge in [0.1, 0.15) is 0 Å². The van der Waals surface area contributed by atoms with Crippen molar-refractivity contribution in [3.63, 3.8) is 0 Å². The number of nitrogens with zero attached hydrogens (tertiary/aromatic N) is 1. The molecule has 0 saturated carbocycles. The minimum Gasteiger partial charge on any atom is -0.481 e. The number of carbonyl (C=O) groups is 2. The predicted octanol–water partition coefficient (Wildman–Crippen LogP) is 1.28. The van der Waals surface area contributed by atoms with Crippen LogP contribution in [0.2, 0.25) is 0 Å². The third-order valence-corrected chi connectivity index (χ3v) is 2.41. The first-order valence-corrected chi connectivity index (χ1v) is 5.00. The van der Waals surface area contributed by atoms with Crippen LogP contribution in [-0.2, 0) is 11.2 Å². The molecule has 0 aliphatic rings. The number of aliphatic carboxylic acids is 1. The largest absolute Gasteiger partial charge is 0.481 e. The molecule has 3 N–H and O–H groups in total. The zero-order chi connectivity index (χ0) is 12.4. The molecule has 0 fully saturated rings. The van der Waals surface area contributed by atoms with Gasteiger partial charge in [-0.05, 0) is 18.1 Å². The molecule has 0 amide bonds. The molecule has 0 unspecified atom stereocenters. The normalized spacial score (nSPS) is 10.6. The molecule has 88 valence electrons. The number of para-hydroxylation sites is 1. The van der Waals surface area contributed by atoms with Gasteiger partial charge in [-0.2, -0.15) is 0 Å². The second-order valence-electron chi connectivity index (χ2n) is 3.60. The van der Waals surface area contributed by atoms with E-state index in [0.29, 0.717) is 17.5 Å². The van der Waals surface area contributed by atoms with Gasteiger partial charge in [-0.25, -0.2) is 9.78 Å².